The van der Waals surface area contributed by atoms with Gasteiger partial charge in [-0.15, -0.1) is 5.10 Å². The van der Waals surface area contributed by atoms with Crippen LogP contribution in [0.1, 0.15) is 21.7 Å². The number of carbonyl (C=O) groups is 1. The second-order valence-corrected chi connectivity index (χ2v) is 5.39. The molecular formula is C14H15N3O4S. The van der Waals surface area contributed by atoms with E-state index in [1.54, 1.807) is 6.07 Å². The lowest BCUT2D eigenvalue weighted by Crippen LogP contribution is -2.25. The van der Waals surface area contributed by atoms with E-state index < -0.39 is 17.2 Å². The maximum absolute atomic E-state index is 11.4. The zero-order valence-electron chi connectivity index (χ0n) is 11.9. The van der Waals surface area contributed by atoms with Gasteiger partial charge in [-0.25, -0.2) is 9.00 Å². The van der Waals surface area contributed by atoms with Gasteiger partial charge in [0, 0.05) is 6.54 Å². The molecule has 116 valence electrons. The van der Waals surface area contributed by atoms with Crippen LogP contribution >= 0.6 is 0 Å². The van der Waals surface area contributed by atoms with Gasteiger partial charge in [0.05, 0.1) is 19.3 Å². The van der Waals surface area contributed by atoms with Crippen molar-refractivity contribution in [3.63, 3.8) is 0 Å². The Bertz CT molecular complexity index is 649. The molecule has 2 rings (SSSR count). The van der Waals surface area contributed by atoms with Crippen LogP contribution in [0.2, 0.25) is 0 Å². The molecule has 0 saturated carbocycles. The molecular weight excluding hydrogens is 306 g/mol. The summed E-state index contributed by atoms with van der Waals surface area (Å²) in [7, 11) is 1.26. The number of esters is 1. The van der Waals surface area contributed by atoms with Crippen molar-refractivity contribution in [3.8, 4) is 0 Å². The standard InChI is InChI=1S/C14H15N3O4S/c1-21-14(18)13-8-7-12(15-16-13)10-17(22(19)20)9-11-5-3-2-4-6-11/h2-8H,9-10H2,1H3,(H,19,20). The second-order valence-electron chi connectivity index (χ2n) is 4.42. The summed E-state index contributed by atoms with van der Waals surface area (Å²) in [4.78, 5) is 11.3. The van der Waals surface area contributed by atoms with Gasteiger partial charge in [0.25, 0.3) is 0 Å². The zero-order chi connectivity index (χ0) is 15.9. The Hall–Kier alpha value is -2.16. The number of benzene rings is 1. The molecule has 0 aliphatic carbocycles. The fourth-order valence-electron chi connectivity index (χ4n) is 1.79. The van der Waals surface area contributed by atoms with Crippen molar-refractivity contribution in [1.82, 2.24) is 14.5 Å². The van der Waals surface area contributed by atoms with Crippen molar-refractivity contribution in [2.75, 3.05) is 7.11 Å². The first kappa shape index (κ1) is 16.2. The molecule has 0 aliphatic heterocycles. The maximum Gasteiger partial charge on any atom is 0.358 e. The molecule has 1 aromatic carbocycles. The van der Waals surface area contributed by atoms with Crippen LogP contribution in [0.15, 0.2) is 42.5 Å². The Morgan fingerprint density at radius 2 is 1.91 bits per heavy atom. The summed E-state index contributed by atoms with van der Waals surface area (Å²) < 4.78 is 26.7. The van der Waals surface area contributed by atoms with E-state index in [1.165, 1.54) is 17.5 Å². The van der Waals surface area contributed by atoms with Crippen LogP contribution in [0, 0.1) is 0 Å². The van der Waals surface area contributed by atoms with Crippen LogP contribution in [-0.4, -0.2) is 36.3 Å². The van der Waals surface area contributed by atoms with E-state index in [0.717, 1.165) is 5.56 Å². The minimum Gasteiger partial charge on any atom is -0.464 e. The van der Waals surface area contributed by atoms with Crippen molar-refractivity contribution in [3.05, 3.63) is 59.4 Å². The van der Waals surface area contributed by atoms with Crippen molar-refractivity contribution in [1.29, 1.82) is 0 Å². The number of methoxy groups -OCH3 is 1. The summed E-state index contributed by atoms with van der Waals surface area (Å²) in [6.07, 6.45) is 0. The first-order valence-electron chi connectivity index (χ1n) is 6.41. The van der Waals surface area contributed by atoms with Gasteiger partial charge >= 0.3 is 5.97 Å². The number of ether oxygens (including phenoxy) is 1. The zero-order valence-corrected chi connectivity index (χ0v) is 12.7. The fraction of sp³-hybridized carbons (Fsp3) is 0.214. The third-order valence-corrected chi connectivity index (χ3v) is 3.58. The third kappa shape index (κ3) is 4.42. The molecule has 0 saturated heterocycles. The first-order valence-corrected chi connectivity index (χ1v) is 7.47. The molecule has 2 aromatic rings. The first-order chi connectivity index (χ1) is 10.6. The minimum absolute atomic E-state index is 0.0889. The molecule has 1 unspecified atom stereocenters. The average molecular weight is 321 g/mol. The molecule has 0 fully saturated rings. The van der Waals surface area contributed by atoms with E-state index in [1.807, 2.05) is 30.3 Å². The van der Waals surface area contributed by atoms with Crippen LogP contribution in [0.25, 0.3) is 0 Å². The van der Waals surface area contributed by atoms with Crippen molar-refractivity contribution in [2.45, 2.75) is 13.1 Å². The maximum atomic E-state index is 11.4. The average Bonchev–Trinajstić information content (AvgIpc) is 2.55. The lowest BCUT2D eigenvalue weighted by Gasteiger charge is -2.17. The number of hydrogen-bond donors (Lipinski definition) is 1. The Morgan fingerprint density at radius 1 is 1.18 bits per heavy atom. The number of nitrogens with zero attached hydrogens (tertiary/aromatic N) is 3. The van der Waals surface area contributed by atoms with Gasteiger partial charge in [0.1, 0.15) is 0 Å². The van der Waals surface area contributed by atoms with Gasteiger partial charge in [0.15, 0.2) is 5.69 Å². The van der Waals surface area contributed by atoms with Crippen molar-refractivity contribution < 1.29 is 18.3 Å². The predicted octanol–water partition coefficient (Wildman–Crippen LogP) is 1.40. The van der Waals surface area contributed by atoms with Crippen molar-refractivity contribution >= 4 is 17.2 Å². The normalized spacial score (nSPS) is 12.1. The molecule has 1 N–H and O–H groups in total. The topological polar surface area (TPSA) is 92.6 Å². The molecule has 22 heavy (non-hydrogen) atoms. The van der Waals surface area contributed by atoms with Crippen LogP contribution in [0.3, 0.4) is 0 Å². The highest BCUT2D eigenvalue weighted by Crippen LogP contribution is 2.10. The Labute approximate surface area is 130 Å². The SMILES string of the molecule is COC(=O)c1ccc(CN(Cc2ccccc2)S(=O)O)nn1. The van der Waals surface area contributed by atoms with Crippen LogP contribution < -0.4 is 0 Å². The number of carbonyl (C=O) groups excluding carboxylic acids is 1. The van der Waals surface area contributed by atoms with E-state index in [-0.39, 0.29) is 12.2 Å². The van der Waals surface area contributed by atoms with E-state index in [2.05, 4.69) is 14.9 Å². The van der Waals surface area contributed by atoms with Crippen molar-refractivity contribution in [2.24, 2.45) is 0 Å². The summed E-state index contributed by atoms with van der Waals surface area (Å²) >= 11 is -2.15. The molecule has 1 atom stereocenters. The number of aromatic nitrogens is 2. The lowest BCUT2D eigenvalue weighted by atomic mass is 10.2. The molecule has 0 aliphatic rings. The summed E-state index contributed by atoms with van der Waals surface area (Å²) in [5.74, 6) is -0.578. The van der Waals surface area contributed by atoms with Gasteiger partial charge in [-0.1, -0.05) is 30.3 Å². The summed E-state index contributed by atoms with van der Waals surface area (Å²) in [6, 6.07) is 12.4. The van der Waals surface area contributed by atoms with Gasteiger partial charge < -0.3 is 4.74 Å². The molecule has 8 heteroatoms. The van der Waals surface area contributed by atoms with Gasteiger partial charge in [0.2, 0.25) is 11.3 Å². The van der Waals surface area contributed by atoms with Gasteiger partial charge in [-0.2, -0.15) is 9.40 Å². The molecule has 1 aromatic heterocycles. The van der Waals surface area contributed by atoms with E-state index in [4.69, 9.17) is 0 Å². The molecule has 1 heterocycles. The second kappa shape index (κ2) is 7.74. The van der Waals surface area contributed by atoms with E-state index in [0.29, 0.717) is 12.2 Å². The molecule has 0 spiro atoms. The van der Waals surface area contributed by atoms with Crippen LogP contribution in [0.4, 0.5) is 0 Å². The quantitative estimate of drug-likeness (QED) is 0.638. The van der Waals surface area contributed by atoms with Crippen LogP contribution in [0.5, 0.6) is 0 Å². The summed E-state index contributed by atoms with van der Waals surface area (Å²) in [5.41, 5.74) is 1.47. The van der Waals surface area contributed by atoms with Gasteiger partial charge in [-0.3, -0.25) is 4.55 Å². The Morgan fingerprint density at radius 3 is 2.45 bits per heavy atom. The summed E-state index contributed by atoms with van der Waals surface area (Å²) in [6.45, 7) is 0.427. The Kier molecular flexibility index (Phi) is 5.70. The lowest BCUT2D eigenvalue weighted by molar-refractivity contribution is 0.0592. The summed E-state index contributed by atoms with van der Waals surface area (Å²) in [5, 5.41) is 7.61. The smallest absolute Gasteiger partial charge is 0.358 e. The third-order valence-electron chi connectivity index (χ3n) is 2.88. The monoisotopic (exact) mass is 321 g/mol. The highest BCUT2D eigenvalue weighted by atomic mass is 32.2. The number of rotatable bonds is 6. The molecule has 7 nitrogen and oxygen atoms in total. The van der Waals surface area contributed by atoms with E-state index >= 15 is 0 Å². The largest absolute Gasteiger partial charge is 0.464 e. The highest BCUT2D eigenvalue weighted by molar-refractivity contribution is 7.76. The van der Waals surface area contributed by atoms with Crippen LogP contribution in [-0.2, 0) is 29.1 Å². The molecule has 0 amide bonds. The van der Waals surface area contributed by atoms with Gasteiger partial charge in [-0.05, 0) is 17.7 Å². The van der Waals surface area contributed by atoms with E-state index in [9.17, 15) is 13.6 Å². The minimum atomic E-state index is -2.15. The highest BCUT2D eigenvalue weighted by Gasteiger charge is 2.15. The fourth-order valence-corrected chi connectivity index (χ4v) is 2.29. The molecule has 0 bridgehead atoms. The predicted molar refractivity (Wildman–Crippen MR) is 79.8 cm³/mol. The Balaban J connectivity index is 2.08. The molecule has 0 radical (unpaired) electrons. The number of hydrogen-bond acceptors (Lipinski definition) is 5.